The minimum absolute atomic E-state index is 0.176. The normalized spacial score (nSPS) is 10.6. The molecule has 4 nitrogen and oxygen atoms in total. The van der Waals surface area contributed by atoms with Gasteiger partial charge in [-0.2, -0.15) is 11.8 Å². The zero-order valence-electron chi connectivity index (χ0n) is 10.3. The van der Waals surface area contributed by atoms with Crippen molar-refractivity contribution in [1.29, 1.82) is 0 Å². The number of nitrogens with one attached hydrogen (secondary N) is 1. The maximum atomic E-state index is 10.9. The lowest BCUT2D eigenvalue weighted by Crippen LogP contribution is -2.15. The predicted molar refractivity (Wildman–Crippen MR) is 80.1 cm³/mol. The Morgan fingerprint density at radius 2 is 2.22 bits per heavy atom. The molecule has 1 aromatic carbocycles. The minimum atomic E-state index is -0.336. The summed E-state index contributed by atoms with van der Waals surface area (Å²) in [5, 5.41) is 14.1. The molecule has 0 aliphatic rings. The van der Waals surface area contributed by atoms with Gasteiger partial charge in [0, 0.05) is 22.6 Å². The van der Waals surface area contributed by atoms with Crippen LogP contribution in [0.2, 0.25) is 0 Å². The number of thioether (sulfide) groups is 1. The minimum Gasteiger partial charge on any atom is -0.312 e. The van der Waals surface area contributed by atoms with E-state index in [4.69, 9.17) is 0 Å². The third kappa shape index (κ3) is 5.37. The second-order valence-corrected chi connectivity index (χ2v) is 5.81. The molecule has 0 saturated carbocycles. The highest BCUT2D eigenvalue weighted by Gasteiger charge is 2.12. The summed E-state index contributed by atoms with van der Waals surface area (Å²) in [6.07, 6.45) is 4.37. The van der Waals surface area contributed by atoms with Crippen LogP contribution in [0.3, 0.4) is 0 Å². The van der Waals surface area contributed by atoms with Crippen LogP contribution in [0.25, 0.3) is 0 Å². The van der Waals surface area contributed by atoms with Crippen LogP contribution in [0.15, 0.2) is 22.7 Å². The van der Waals surface area contributed by atoms with E-state index in [1.54, 1.807) is 12.1 Å². The van der Waals surface area contributed by atoms with Gasteiger partial charge in [-0.15, -0.1) is 0 Å². The highest BCUT2D eigenvalue weighted by Crippen LogP contribution is 2.22. The van der Waals surface area contributed by atoms with Crippen LogP contribution >= 0.6 is 27.7 Å². The van der Waals surface area contributed by atoms with Gasteiger partial charge in [0.1, 0.15) is 0 Å². The van der Waals surface area contributed by atoms with E-state index < -0.39 is 0 Å². The van der Waals surface area contributed by atoms with Gasteiger partial charge in [0.15, 0.2) is 0 Å². The van der Waals surface area contributed by atoms with E-state index in [1.165, 1.54) is 18.2 Å². The molecular formula is C12H17BrN2O2S. The number of nitro groups is 1. The second-order valence-electron chi connectivity index (χ2n) is 3.91. The molecule has 0 fully saturated rings. The number of hydrogen-bond acceptors (Lipinski definition) is 4. The van der Waals surface area contributed by atoms with Crippen LogP contribution in [0.4, 0.5) is 5.69 Å². The van der Waals surface area contributed by atoms with E-state index in [2.05, 4.69) is 27.5 Å². The summed E-state index contributed by atoms with van der Waals surface area (Å²) in [5.74, 6) is 1.17. The summed E-state index contributed by atoms with van der Waals surface area (Å²) < 4.78 is 0.868. The van der Waals surface area contributed by atoms with E-state index in [0.717, 1.165) is 23.0 Å². The molecule has 0 saturated heterocycles. The monoisotopic (exact) mass is 332 g/mol. The predicted octanol–water partition coefficient (Wildman–Crippen LogP) is 3.59. The average molecular weight is 333 g/mol. The van der Waals surface area contributed by atoms with Gasteiger partial charge < -0.3 is 5.32 Å². The van der Waals surface area contributed by atoms with Crippen molar-refractivity contribution in [3.8, 4) is 0 Å². The molecule has 18 heavy (non-hydrogen) atoms. The molecule has 0 unspecified atom stereocenters. The SMILES string of the molecule is CSCCCCNCc1cc(Br)ccc1[N+](=O)[O-]. The van der Waals surface area contributed by atoms with E-state index >= 15 is 0 Å². The molecule has 1 rings (SSSR count). The van der Waals surface area contributed by atoms with Crippen molar-refractivity contribution in [3.05, 3.63) is 38.3 Å². The van der Waals surface area contributed by atoms with Crippen molar-refractivity contribution in [1.82, 2.24) is 5.32 Å². The number of benzene rings is 1. The summed E-state index contributed by atoms with van der Waals surface area (Å²) in [7, 11) is 0. The quantitative estimate of drug-likeness (QED) is 0.449. The van der Waals surface area contributed by atoms with Crippen LogP contribution in [0.5, 0.6) is 0 Å². The summed E-state index contributed by atoms with van der Waals surface area (Å²) in [6, 6.07) is 5.03. The molecule has 0 bridgehead atoms. The summed E-state index contributed by atoms with van der Waals surface area (Å²) in [4.78, 5) is 10.5. The smallest absolute Gasteiger partial charge is 0.273 e. The first-order valence-corrected chi connectivity index (χ1v) is 7.96. The first-order valence-electron chi connectivity index (χ1n) is 5.77. The average Bonchev–Trinajstić information content (AvgIpc) is 2.33. The highest BCUT2D eigenvalue weighted by atomic mass is 79.9. The molecular weight excluding hydrogens is 316 g/mol. The molecule has 0 amide bonds. The maximum Gasteiger partial charge on any atom is 0.273 e. The Morgan fingerprint density at radius 3 is 2.89 bits per heavy atom. The Kier molecular flexibility index (Phi) is 7.31. The van der Waals surface area contributed by atoms with Crippen LogP contribution in [-0.2, 0) is 6.54 Å². The van der Waals surface area contributed by atoms with Gasteiger partial charge in [0.25, 0.3) is 5.69 Å². The molecule has 0 atom stereocenters. The first-order chi connectivity index (χ1) is 8.65. The van der Waals surface area contributed by atoms with Crippen molar-refractivity contribution < 1.29 is 4.92 Å². The lowest BCUT2D eigenvalue weighted by Gasteiger charge is -2.06. The molecule has 100 valence electrons. The maximum absolute atomic E-state index is 10.9. The standard InChI is InChI=1S/C12H17BrN2O2S/c1-18-7-3-2-6-14-9-10-8-11(13)4-5-12(10)15(16)17/h4-5,8,14H,2-3,6-7,9H2,1H3. The van der Waals surface area contributed by atoms with Gasteiger partial charge in [0.2, 0.25) is 0 Å². The van der Waals surface area contributed by atoms with Crippen molar-refractivity contribution in [2.24, 2.45) is 0 Å². The van der Waals surface area contributed by atoms with Crippen molar-refractivity contribution in [2.45, 2.75) is 19.4 Å². The van der Waals surface area contributed by atoms with E-state index in [1.807, 2.05) is 11.8 Å². The Bertz CT molecular complexity index is 402. The number of hydrogen-bond donors (Lipinski definition) is 1. The molecule has 0 spiro atoms. The number of unbranched alkanes of at least 4 members (excludes halogenated alkanes) is 1. The lowest BCUT2D eigenvalue weighted by atomic mass is 10.2. The fourth-order valence-corrected chi connectivity index (χ4v) is 2.49. The van der Waals surface area contributed by atoms with Crippen LogP contribution in [0, 0.1) is 10.1 Å². The van der Waals surface area contributed by atoms with E-state index in [9.17, 15) is 10.1 Å². The highest BCUT2D eigenvalue weighted by molar-refractivity contribution is 9.10. The van der Waals surface area contributed by atoms with Gasteiger partial charge in [-0.1, -0.05) is 15.9 Å². The fraction of sp³-hybridized carbons (Fsp3) is 0.500. The Morgan fingerprint density at radius 1 is 1.44 bits per heavy atom. The van der Waals surface area contributed by atoms with Crippen LogP contribution in [0.1, 0.15) is 18.4 Å². The Balaban J connectivity index is 2.45. The van der Waals surface area contributed by atoms with Gasteiger partial charge in [-0.3, -0.25) is 10.1 Å². The van der Waals surface area contributed by atoms with Gasteiger partial charge in [0.05, 0.1) is 4.92 Å². The number of nitro benzene ring substituents is 1. The number of halogens is 1. The van der Waals surface area contributed by atoms with Crippen LogP contribution in [-0.4, -0.2) is 23.5 Å². The molecule has 0 aliphatic heterocycles. The molecule has 0 heterocycles. The summed E-state index contributed by atoms with van der Waals surface area (Å²) in [6.45, 7) is 1.43. The van der Waals surface area contributed by atoms with Crippen LogP contribution < -0.4 is 5.32 Å². The zero-order chi connectivity index (χ0) is 13.4. The number of nitrogens with zero attached hydrogens (tertiary/aromatic N) is 1. The van der Waals surface area contributed by atoms with Gasteiger partial charge >= 0.3 is 0 Å². The topological polar surface area (TPSA) is 55.2 Å². The fourth-order valence-electron chi connectivity index (χ4n) is 1.59. The summed E-state index contributed by atoms with van der Waals surface area (Å²) >= 11 is 5.18. The molecule has 6 heteroatoms. The zero-order valence-corrected chi connectivity index (χ0v) is 12.7. The van der Waals surface area contributed by atoms with Crippen molar-refractivity contribution >= 4 is 33.4 Å². The second kappa shape index (κ2) is 8.50. The largest absolute Gasteiger partial charge is 0.312 e. The molecule has 0 aromatic heterocycles. The lowest BCUT2D eigenvalue weighted by molar-refractivity contribution is -0.385. The first kappa shape index (κ1) is 15.5. The summed E-state index contributed by atoms with van der Waals surface area (Å²) in [5.41, 5.74) is 0.897. The van der Waals surface area contributed by atoms with Crippen molar-refractivity contribution in [2.75, 3.05) is 18.6 Å². The third-order valence-electron chi connectivity index (χ3n) is 2.51. The van der Waals surface area contributed by atoms with E-state index in [-0.39, 0.29) is 10.6 Å². The van der Waals surface area contributed by atoms with Crippen molar-refractivity contribution in [3.63, 3.8) is 0 Å². The van der Waals surface area contributed by atoms with Gasteiger partial charge in [-0.25, -0.2) is 0 Å². The molecule has 1 aromatic rings. The molecule has 0 radical (unpaired) electrons. The number of rotatable bonds is 8. The van der Waals surface area contributed by atoms with E-state index in [0.29, 0.717) is 6.54 Å². The Hall–Kier alpha value is -0.590. The molecule has 0 aliphatic carbocycles. The third-order valence-corrected chi connectivity index (χ3v) is 3.70. The molecule has 1 N–H and O–H groups in total. The Labute approximate surface area is 120 Å². The van der Waals surface area contributed by atoms with Gasteiger partial charge in [-0.05, 0) is 43.5 Å².